The number of carbonyl (C=O) groups is 1. The summed E-state index contributed by atoms with van der Waals surface area (Å²) in [6, 6.07) is 4.31. The number of hydrogen-bond acceptors (Lipinski definition) is 3. The number of rotatable bonds is 6. The van der Waals surface area contributed by atoms with Gasteiger partial charge in [0.25, 0.3) is 0 Å². The second-order valence-electron chi connectivity index (χ2n) is 3.35. The molecule has 1 aromatic carbocycles. The van der Waals surface area contributed by atoms with Crippen molar-refractivity contribution in [2.75, 3.05) is 20.2 Å². The van der Waals surface area contributed by atoms with E-state index in [1.165, 1.54) is 12.1 Å². The molecule has 1 aromatic rings. The molecule has 0 aromatic heterocycles. The summed E-state index contributed by atoms with van der Waals surface area (Å²) in [4.78, 5) is 11.6. The molecule has 16 heavy (non-hydrogen) atoms. The molecule has 0 fully saturated rings. The van der Waals surface area contributed by atoms with Crippen molar-refractivity contribution < 1.29 is 13.9 Å². The number of Topliss-reactive ketones (excluding diaryl/α,β-unsaturated/α-hetero) is 1. The maximum absolute atomic E-state index is 13.4. The normalized spacial score (nSPS) is 10.2. The number of halogens is 1. The smallest absolute Gasteiger partial charge is 0.165 e. The minimum atomic E-state index is -0.489. The fourth-order valence-electron chi connectivity index (χ4n) is 1.33. The third kappa shape index (κ3) is 3.31. The Morgan fingerprint density at radius 2 is 2.25 bits per heavy atom. The molecule has 0 heterocycles. The van der Waals surface area contributed by atoms with Crippen LogP contribution in [0.4, 0.5) is 4.39 Å². The highest BCUT2D eigenvalue weighted by Gasteiger charge is 2.09. The Bertz CT molecular complexity index is 366. The van der Waals surface area contributed by atoms with Gasteiger partial charge in [0.05, 0.1) is 6.61 Å². The molecular formula is C12H16FNO2. The lowest BCUT2D eigenvalue weighted by molar-refractivity contribution is 0.0982. The monoisotopic (exact) mass is 225 g/mol. The van der Waals surface area contributed by atoms with Crippen molar-refractivity contribution in [3.8, 4) is 5.75 Å². The second-order valence-corrected chi connectivity index (χ2v) is 3.35. The van der Waals surface area contributed by atoms with Gasteiger partial charge in [-0.3, -0.25) is 4.79 Å². The van der Waals surface area contributed by atoms with E-state index in [2.05, 4.69) is 5.32 Å². The van der Waals surface area contributed by atoms with E-state index < -0.39 is 5.82 Å². The Kier molecular flexibility index (Phi) is 4.92. The molecule has 0 atom stereocenters. The minimum absolute atomic E-state index is 0.0729. The Labute approximate surface area is 94.6 Å². The second kappa shape index (κ2) is 6.23. The topological polar surface area (TPSA) is 38.3 Å². The van der Waals surface area contributed by atoms with E-state index in [9.17, 15) is 9.18 Å². The highest BCUT2D eigenvalue weighted by Crippen LogP contribution is 2.18. The van der Waals surface area contributed by atoms with Gasteiger partial charge in [-0.15, -0.1) is 0 Å². The maximum atomic E-state index is 13.4. The summed E-state index contributed by atoms with van der Waals surface area (Å²) in [5, 5.41) is 2.88. The highest BCUT2D eigenvalue weighted by atomic mass is 19.1. The van der Waals surface area contributed by atoms with Crippen molar-refractivity contribution in [3.63, 3.8) is 0 Å². The van der Waals surface area contributed by atoms with Crippen LogP contribution in [0, 0.1) is 5.82 Å². The molecule has 0 radical (unpaired) electrons. The molecule has 0 bridgehead atoms. The van der Waals surface area contributed by atoms with Crippen LogP contribution in [0.15, 0.2) is 18.2 Å². The van der Waals surface area contributed by atoms with E-state index in [1.807, 2.05) is 0 Å². The Morgan fingerprint density at radius 3 is 2.81 bits per heavy atom. The van der Waals surface area contributed by atoms with Crippen LogP contribution in [-0.4, -0.2) is 26.0 Å². The summed E-state index contributed by atoms with van der Waals surface area (Å²) in [7, 11) is 1.77. The number of ketones is 1. The van der Waals surface area contributed by atoms with Crippen molar-refractivity contribution in [3.05, 3.63) is 29.6 Å². The van der Waals surface area contributed by atoms with Gasteiger partial charge < -0.3 is 10.1 Å². The number of carbonyl (C=O) groups excluding carboxylic acids is 1. The maximum Gasteiger partial charge on any atom is 0.165 e. The van der Waals surface area contributed by atoms with Crippen LogP contribution < -0.4 is 10.1 Å². The molecule has 3 nitrogen and oxygen atoms in total. The molecular weight excluding hydrogens is 209 g/mol. The molecule has 0 amide bonds. The predicted molar refractivity (Wildman–Crippen MR) is 60.4 cm³/mol. The number of hydrogen-bond donors (Lipinski definition) is 1. The molecule has 0 unspecified atom stereocenters. The molecule has 0 spiro atoms. The summed E-state index contributed by atoms with van der Waals surface area (Å²) in [5.74, 6) is -0.374. The van der Waals surface area contributed by atoms with Gasteiger partial charge in [-0.05, 0) is 32.2 Å². The number of nitrogens with one attached hydrogen (secondary N) is 1. The number of benzene rings is 1. The molecule has 88 valence electrons. The van der Waals surface area contributed by atoms with Gasteiger partial charge in [0.15, 0.2) is 17.3 Å². The summed E-state index contributed by atoms with van der Waals surface area (Å²) < 4.78 is 18.5. The van der Waals surface area contributed by atoms with Crippen LogP contribution in [0.2, 0.25) is 0 Å². The molecule has 0 aliphatic heterocycles. The fraction of sp³-hybridized carbons (Fsp3) is 0.417. The first-order valence-electron chi connectivity index (χ1n) is 5.29. The molecule has 1 rings (SSSR count). The van der Waals surface area contributed by atoms with Gasteiger partial charge in [-0.2, -0.15) is 0 Å². The van der Waals surface area contributed by atoms with Crippen LogP contribution in [0.3, 0.4) is 0 Å². The summed E-state index contributed by atoms with van der Waals surface area (Å²) in [6.45, 7) is 2.78. The van der Waals surface area contributed by atoms with Gasteiger partial charge in [0.1, 0.15) is 0 Å². The van der Waals surface area contributed by atoms with Gasteiger partial charge >= 0.3 is 0 Å². The minimum Gasteiger partial charge on any atom is -0.491 e. The highest BCUT2D eigenvalue weighted by molar-refractivity contribution is 5.96. The first-order chi connectivity index (χ1) is 7.69. The largest absolute Gasteiger partial charge is 0.491 e. The zero-order chi connectivity index (χ0) is 12.0. The van der Waals surface area contributed by atoms with Crippen molar-refractivity contribution in [1.82, 2.24) is 5.32 Å². The first-order valence-corrected chi connectivity index (χ1v) is 5.29. The zero-order valence-corrected chi connectivity index (χ0v) is 9.55. The van der Waals surface area contributed by atoms with E-state index in [0.29, 0.717) is 25.1 Å². The molecule has 0 saturated carbocycles. The SMILES string of the molecule is CCOc1ccc(C(=O)CCNC)cc1F. The fourth-order valence-corrected chi connectivity index (χ4v) is 1.33. The molecule has 0 aliphatic rings. The average Bonchev–Trinajstić information content (AvgIpc) is 2.29. The van der Waals surface area contributed by atoms with Crippen LogP contribution in [0.5, 0.6) is 5.75 Å². The Morgan fingerprint density at radius 1 is 1.50 bits per heavy atom. The van der Waals surface area contributed by atoms with Crippen molar-refractivity contribution in [1.29, 1.82) is 0 Å². The lowest BCUT2D eigenvalue weighted by Crippen LogP contribution is -2.13. The average molecular weight is 225 g/mol. The Hall–Kier alpha value is -1.42. The lowest BCUT2D eigenvalue weighted by Gasteiger charge is -2.06. The molecule has 4 heteroatoms. The van der Waals surface area contributed by atoms with Gasteiger partial charge in [0, 0.05) is 18.5 Å². The molecule has 0 saturated heterocycles. The zero-order valence-electron chi connectivity index (χ0n) is 9.55. The van der Waals surface area contributed by atoms with Crippen LogP contribution >= 0.6 is 0 Å². The summed E-state index contributed by atoms with van der Waals surface area (Å²) in [5.41, 5.74) is 0.385. The lowest BCUT2D eigenvalue weighted by atomic mass is 10.1. The summed E-state index contributed by atoms with van der Waals surface area (Å²) in [6.07, 6.45) is 0.365. The van der Waals surface area contributed by atoms with Gasteiger partial charge in [0.2, 0.25) is 0 Å². The van der Waals surface area contributed by atoms with Crippen molar-refractivity contribution in [2.24, 2.45) is 0 Å². The quantitative estimate of drug-likeness (QED) is 0.753. The predicted octanol–water partition coefficient (Wildman–Crippen LogP) is 2.02. The van der Waals surface area contributed by atoms with E-state index in [0.717, 1.165) is 0 Å². The van der Waals surface area contributed by atoms with E-state index in [4.69, 9.17) is 4.74 Å². The molecule has 0 aliphatic carbocycles. The van der Waals surface area contributed by atoms with E-state index in [-0.39, 0.29) is 11.5 Å². The van der Waals surface area contributed by atoms with Gasteiger partial charge in [-0.1, -0.05) is 0 Å². The standard InChI is InChI=1S/C12H16FNO2/c1-3-16-12-5-4-9(8-10(12)13)11(15)6-7-14-2/h4-5,8,14H,3,6-7H2,1-2H3. The molecule has 1 N–H and O–H groups in total. The first kappa shape index (κ1) is 12.6. The van der Waals surface area contributed by atoms with E-state index >= 15 is 0 Å². The summed E-state index contributed by atoms with van der Waals surface area (Å²) >= 11 is 0. The third-order valence-corrected chi connectivity index (χ3v) is 2.16. The van der Waals surface area contributed by atoms with Crippen molar-refractivity contribution >= 4 is 5.78 Å². The Balaban J connectivity index is 2.76. The van der Waals surface area contributed by atoms with Crippen LogP contribution in [0.25, 0.3) is 0 Å². The van der Waals surface area contributed by atoms with Gasteiger partial charge in [-0.25, -0.2) is 4.39 Å². The van der Waals surface area contributed by atoms with E-state index in [1.54, 1.807) is 20.0 Å². The number of ether oxygens (including phenoxy) is 1. The third-order valence-electron chi connectivity index (χ3n) is 2.16. The van der Waals surface area contributed by atoms with Crippen molar-refractivity contribution in [2.45, 2.75) is 13.3 Å². The van der Waals surface area contributed by atoms with Crippen LogP contribution in [-0.2, 0) is 0 Å². The van der Waals surface area contributed by atoms with Crippen LogP contribution in [0.1, 0.15) is 23.7 Å².